The summed E-state index contributed by atoms with van der Waals surface area (Å²) in [5.41, 5.74) is -0.842. The third-order valence-corrected chi connectivity index (χ3v) is 8.23. The summed E-state index contributed by atoms with van der Waals surface area (Å²) in [6.45, 7) is 5.12. The number of alkyl halides is 3. The number of aromatic nitrogens is 1. The molecule has 2 amide bonds. The predicted molar refractivity (Wildman–Crippen MR) is 145 cm³/mol. The molecule has 1 spiro atoms. The summed E-state index contributed by atoms with van der Waals surface area (Å²) < 4.78 is 45.8. The van der Waals surface area contributed by atoms with Gasteiger partial charge in [0.2, 0.25) is 0 Å². The average molecular weight is 578 g/mol. The molecule has 1 saturated carbocycles. The monoisotopic (exact) mass is 577 g/mol. The van der Waals surface area contributed by atoms with Crippen LogP contribution in [0.5, 0.6) is 0 Å². The number of pyridine rings is 1. The molecule has 13 heteroatoms. The number of benzene rings is 1. The number of aliphatic hydroxyl groups is 1. The topological polar surface area (TPSA) is 89.5 Å². The number of hydrogen-bond acceptors (Lipinski definition) is 7. The Hall–Kier alpha value is -3.29. The predicted octanol–water partition coefficient (Wildman–Crippen LogP) is 4.23. The lowest BCUT2D eigenvalue weighted by atomic mass is 9.75. The van der Waals surface area contributed by atoms with E-state index in [0.717, 1.165) is 17.4 Å². The zero-order valence-electron chi connectivity index (χ0n) is 22.1. The fourth-order valence-corrected chi connectivity index (χ4v) is 5.98. The summed E-state index contributed by atoms with van der Waals surface area (Å²) in [5, 5.41) is 11.1. The van der Waals surface area contributed by atoms with Crippen molar-refractivity contribution < 1.29 is 32.6 Å². The van der Waals surface area contributed by atoms with Crippen molar-refractivity contribution in [3.63, 3.8) is 0 Å². The molecule has 2 aliphatic heterocycles. The van der Waals surface area contributed by atoms with Crippen molar-refractivity contribution in [2.24, 2.45) is 0 Å². The molecule has 40 heavy (non-hydrogen) atoms. The number of carbonyl (C=O) groups excluding carboxylic acids is 2. The van der Waals surface area contributed by atoms with Crippen molar-refractivity contribution in [3.8, 4) is 0 Å². The number of aryl methyl sites for hydroxylation is 1. The van der Waals surface area contributed by atoms with Gasteiger partial charge in [0, 0.05) is 37.6 Å². The first-order valence-electron chi connectivity index (χ1n) is 13.1. The number of anilines is 2. The Morgan fingerprint density at radius 3 is 2.35 bits per heavy atom. The highest BCUT2D eigenvalue weighted by molar-refractivity contribution is 7.81. The van der Waals surface area contributed by atoms with Crippen LogP contribution in [0.1, 0.15) is 49.2 Å². The second kappa shape index (κ2) is 10.6. The van der Waals surface area contributed by atoms with Crippen LogP contribution in [-0.2, 0) is 15.7 Å². The van der Waals surface area contributed by atoms with Gasteiger partial charge in [-0.3, -0.25) is 19.6 Å². The van der Waals surface area contributed by atoms with Gasteiger partial charge in [0.25, 0.3) is 5.91 Å². The first-order chi connectivity index (χ1) is 19.0. The van der Waals surface area contributed by atoms with Crippen molar-refractivity contribution in [2.75, 3.05) is 42.6 Å². The van der Waals surface area contributed by atoms with Gasteiger partial charge in [0.1, 0.15) is 11.8 Å². The van der Waals surface area contributed by atoms with Crippen LogP contribution < -0.4 is 9.80 Å². The second-order valence-corrected chi connectivity index (χ2v) is 10.5. The number of piperazine rings is 1. The molecular weight excluding hydrogens is 547 g/mol. The summed E-state index contributed by atoms with van der Waals surface area (Å²) in [5.74, 6) is -0.369. The maximum atomic E-state index is 13.7. The molecule has 9 nitrogen and oxygen atoms in total. The molecule has 214 valence electrons. The normalized spacial score (nSPS) is 20.2. The second-order valence-electron chi connectivity index (χ2n) is 10.2. The molecule has 5 rings (SSSR count). The van der Waals surface area contributed by atoms with Crippen molar-refractivity contribution in [2.45, 2.75) is 51.1 Å². The number of hydrogen-bond donors (Lipinski definition) is 1. The maximum Gasteiger partial charge on any atom is 0.418 e. The number of amides is 2. The van der Waals surface area contributed by atoms with Crippen molar-refractivity contribution in [3.05, 3.63) is 53.3 Å². The molecule has 2 aromatic rings. The Labute approximate surface area is 235 Å². The molecule has 1 atom stereocenters. The number of halogens is 3. The summed E-state index contributed by atoms with van der Waals surface area (Å²) in [7, 11) is 0. The van der Waals surface area contributed by atoms with E-state index in [4.69, 9.17) is 17.0 Å². The van der Waals surface area contributed by atoms with Crippen molar-refractivity contribution >= 4 is 40.7 Å². The van der Waals surface area contributed by atoms with Gasteiger partial charge in [-0.1, -0.05) is 12.1 Å². The highest BCUT2D eigenvalue weighted by Crippen LogP contribution is 2.48. The molecule has 3 fully saturated rings. The van der Waals surface area contributed by atoms with Crippen molar-refractivity contribution in [1.29, 1.82) is 0 Å². The van der Waals surface area contributed by atoms with E-state index >= 15 is 0 Å². The van der Waals surface area contributed by atoms with E-state index in [1.54, 1.807) is 41.0 Å². The Balaban J connectivity index is 1.36. The molecule has 0 bridgehead atoms. The first-order valence-corrected chi connectivity index (χ1v) is 13.5. The van der Waals surface area contributed by atoms with E-state index in [1.807, 2.05) is 4.90 Å². The summed E-state index contributed by atoms with van der Waals surface area (Å²) in [6.07, 6.45) is -2.83. The first kappa shape index (κ1) is 28.2. The van der Waals surface area contributed by atoms with Crippen LogP contribution in [0.25, 0.3) is 0 Å². The zero-order valence-corrected chi connectivity index (χ0v) is 23.0. The smallest absolute Gasteiger partial charge is 0.418 e. The van der Waals surface area contributed by atoms with Crippen LogP contribution in [0, 0.1) is 6.92 Å². The lowest BCUT2D eigenvalue weighted by Crippen LogP contribution is -2.55. The Bertz CT molecular complexity index is 1310. The van der Waals surface area contributed by atoms with Crippen LogP contribution in [0.4, 0.5) is 29.3 Å². The van der Waals surface area contributed by atoms with Gasteiger partial charge in [0.05, 0.1) is 24.1 Å². The molecule has 1 N–H and O–H groups in total. The van der Waals surface area contributed by atoms with Crippen LogP contribution in [0.15, 0.2) is 36.5 Å². The highest BCUT2D eigenvalue weighted by atomic mass is 32.1. The van der Waals surface area contributed by atoms with Crippen LogP contribution in [-0.4, -0.2) is 75.3 Å². The van der Waals surface area contributed by atoms with E-state index in [2.05, 4.69) is 4.98 Å². The largest absolute Gasteiger partial charge is 0.450 e. The molecule has 1 aliphatic carbocycles. The fraction of sp³-hybridized carbons (Fsp3) is 0.481. The van der Waals surface area contributed by atoms with E-state index < -0.39 is 23.5 Å². The standard InChI is InChI=1S/C27H30F3N5O4S/c1-3-39-25(38)33-13-11-32(12-14-33)22(36)18-5-7-19(8-6-18)35-24(40)34(23(37)26(35)9-4-10-26)20-15-21(27(28,29)30)17(2)31-16-20/h5-8,15-16,22,36H,3-4,9-14H2,1-2H3. The number of nitrogens with zero attached hydrogens (tertiary/aromatic N) is 5. The lowest BCUT2D eigenvalue weighted by molar-refractivity contribution is -0.138. The minimum Gasteiger partial charge on any atom is -0.450 e. The Morgan fingerprint density at radius 2 is 1.80 bits per heavy atom. The van der Waals surface area contributed by atoms with E-state index in [-0.39, 0.29) is 28.5 Å². The zero-order chi connectivity index (χ0) is 28.8. The third-order valence-electron chi connectivity index (χ3n) is 7.86. The number of rotatable bonds is 5. The maximum absolute atomic E-state index is 13.7. The summed E-state index contributed by atoms with van der Waals surface area (Å²) in [4.78, 5) is 35.8. The number of aliphatic hydroxyl groups excluding tert-OH is 1. The van der Waals surface area contributed by atoms with Gasteiger partial charge < -0.3 is 19.6 Å². The third kappa shape index (κ3) is 4.79. The van der Waals surface area contributed by atoms with Crippen molar-refractivity contribution in [1.82, 2.24) is 14.8 Å². The Kier molecular flexibility index (Phi) is 7.48. The van der Waals surface area contributed by atoms with Gasteiger partial charge >= 0.3 is 12.3 Å². The fourth-order valence-electron chi connectivity index (χ4n) is 5.51. The lowest BCUT2D eigenvalue weighted by Gasteiger charge is -2.43. The molecule has 0 radical (unpaired) electrons. The number of ether oxygens (including phenoxy) is 1. The van der Waals surface area contributed by atoms with E-state index in [0.29, 0.717) is 56.9 Å². The number of carbonyl (C=O) groups is 2. The molecule has 1 aromatic carbocycles. The quantitative estimate of drug-likeness (QED) is 0.529. The molecule has 3 aliphatic rings. The highest BCUT2D eigenvalue weighted by Gasteiger charge is 2.59. The molecule has 1 aromatic heterocycles. The summed E-state index contributed by atoms with van der Waals surface area (Å²) in [6, 6.07) is 7.92. The summed E-state index contributed by atoms with van der Waals surface area (Å²) >= 11 is 5.68. The average Bonchev–Trinajstić information content (AvgIpc) is 3.15. The van der Waals surface area contributed by atoms with Crippen LogP contribution in [0.3, 0.4) is 0 Å². The Morgan fingerprint density at radius 1 is 1.15 bits per heavy atom. The number of thiocarbonyl (C=S) groups is 1. The van der Waals surface area contributed by atoms with Gasteiger partial charge in [-0.25, -0.2) is 4.79 Å². The van der Waals surface area contributed by atoms with Crippen LogP contribution in [0.2, 0.25) is 0 Å². The SMILES string of the molecule is CCOC(=O)N1CCN(C(O)c2ccc(N3C(=S)N(c4cnc(C)c(C(F)(F)F)c4)C(=O)C34CCC4)cc2)CC1. The molecule has 2 saturated heterocycles. The van der Waals surface area contributed by atoms with E-state index in [9.17, 15) is 27.9 Å². The van der Waals surface area contributed by atoms with Gasteiger partial charge in [-0.05, 0) is 69.1 Å². The minimum absolute atomic E-state index is 0.0179. The van der Waals surface area contributed by atoms with Crippen LogP contribution >= 0.6 is 12.2 Å². The molecular formula is C27H30F3N5O4S. The van der Waals surface area contributed by atoms with Gasteiger partial charge in [-0.15, -0.1) is 0 Å². The molecule has 1 unspecified atom stereocenters. The molecule has 3 heterocycles. The minimum atomic E-state index is -4.62. The van der Waals surface area contributed by atoms with Gasteiger partial charge in [0.15, 0.2) is 5.11 Å². The van der Waals surface area contributed by atoms with E-state index in [1.165, 1.54) is 13.1 Å². The van der Waals surface area contributed by atoms with Gasteiger partial charge in [-0.2, -0.15) is 13.2 Å².